The molecular weight excluding hydrogens is 300 g/mol. The molecule has 1 aliphatic heterocycles. The highest BCUT2D eigenvalue weighted by Gasteiger charge is 2.17. The second kappa shape index (κ2) is 6.80. The third kappa shape index (κ3) is 3.23. The van der Waals surface area contributed by atoms with Crippen molar-refractivity contribution >= 4 is 0 Å². The Balaban J connectivity index is 1.44. The molecule has 1 aliphatic carbocycles. The van der Waals surface area contributed by atoms with Crippen molar-refractivity contribution in [3.63, 3.8) is 0 Å². The highest BCUT2D eigenvalue weighted by molar-refractivity contribution is 5.39. The van der Waals surface area contributed by atoms with Crippen LogP contribution < -0.4 is 10.3 Å². The van der Waals surface area contributed by atoms with Gasteiger partial charge in [0.05, 0.1) is 18.6 Å². The molecule has 2 aromatic rings. The minimum Gasteiger partial charge on any atom is -0.493 e. The van der Waals surface area contributed by atoms with Gasteiger partial charge in [0.25, 0.3) is 5.56 Å². The highest BCUT2D eigenvalue weighted by Crippen LogP contribution is 2.30. The molecule has 0 atom stereocenters. The maximum Gasteiger partial charge on any atom is 0.253 e. The van der Waals surface area contributed by atoms with E-state index in [4.69, 9.17) is 4.74 Å². The highest BCUT2D eigenvalue weighted by atomic mass is 16.5. The van der Waals surface area contributed by atoms with Gasteiger partial charge in [0, 0.05) is 24.9 Å². The van der Waals surface area contributed by atoms with Gasteiger partial charge in [0.2, 0.25) is 0 Å². The van der Waals surface area contributed by atoms with Gasteiger partial charge in [-0.2, -0.15) is 0 Å². The van der Waals surface area contributed by atoms with E-state index in [2.05, 4.69) is 17.1 Å². The van der Waals surface area contributed by atoms with Crippen molar-refractivity contribution < 1.29 is 4.74 Å². The first kappa shape index (κ1) is 15.4. The van der Waals surface area contributed by atoms with E-state index in [0.717, 1.165) is 30.9 Å². The van der Waals surface area contributed by atoms with Crippen LogP contribution >= 0.6 is 0 Å². The molecule has 0 unspecified atom stereocenters. The summed E-state index contributed by atoms with van der Waals surface area (Å²) in [6.45, 7) is 1.46. The first-order valence-electron chi connectivity index (χ1n) is 9.10. The molecular formula is C20H24N2O2. The Hall–Kier alpha value is -2.10. The lowest BCUT2D eigenvalue weighted by Crippen LogP contribution is -2.23. The molecule has 0 spiro atoms. The van der Waals surface area contributed by atoms with Crippen LogP contribution in [0.2, 0.25) is 0 Å². The summed E-state index contributed by atoms with van der Waals surface area (Å²) in [5.74, 6) is 1.49. The Bertz CT molecular complexity index is 775. The fourth-order valence-corrected chi connectivity index (χ4v) is 3.87. The second-order valence-electron chi connectivity index (χ2n) is 6.97. The molecule has 4 rings (SSSR count). The zero-order chi connectivity index (χ0) is 16.4. The SMILES string of the molecule is O=c1cc(C2CCCCC2)ncn1CCc1ccc2c(c1)CCO2. The van der Waals surface area contributed by atoms with Crippen molar-refractivity contribution in [1.29, 1.82) is 0 Å². The predicted molar refractivity (Wildman–Crippen MR) is 93.7 cm³/mol. The monoisotopic (exact) mass is 324 g/mol. The van der Waals surface area contributed by atoms with E-state index in [-0.39, 0.29) is 5.56 Å². The first-order valence-corrected chi connectivity index (χ1v) is 9.10. The lowest BCUT2D eigenvalue weighted by Gasteiger charge is -2.21. The number of aryl methyl sites for hydroxylation is 2. The summed E-state index contributed by atoms with van der Waals surface area (Å²) in [5, 5.41) is 0. The summed E-state index contributed by atoms with van der Waals surface area (Å²) in [5.41, 5.74) is 3.61. The topological polar surface area (TPSA) is 44.1 Å². The largest absolute Gasteiger partial charge is 0.493 e. The molecule has 0 radical (unpaired) electrons. The molecule has 1 aromatic heterocycles. The first-order chi connectivity index (χ1) is 11.8. The molecule has 0 amide bonds. The average molecular weight is 324 g/mol. The lowest BCUT2D eigenvalue weighted by molar-refractivity contribution is 0.357. The number of benzene rings is 1. The van der Waals surface area contributed by atoms with Gasteiger partial charge in [-0.1, -0.05) is 31.4 Å². The van der Waals surface area contributed by atoms with Crippen LogP contribution in [-0.4, -0.2) is 16.2 Å². The molecule has 1 aromatic carbocycles. The van der Waals surface area contributed by atoms with E-state index in [1.54, 1.807) is 17.0 Å². The summed E-state index contributed by atoms with van der Waals surface area (Å²) < 4.78 is 7.27. The molecule has 0 N–H and O–H groups in total. The molecule has 2 heterocycles. The van der Waals surface area contributed by atoms with Gasteiger partial charge in [0.1, 0.15) is 5.75 Å². The van der Waals surface area contributed by atoms with E-state index < -0.39 is 0 Å². The number of ether oxygens (including phenoxy) is 1. The Labute approximate surface area is 142 Å². The van der Waals surface area contributed by atoms with Crippen LogP contribution in [0, 0.1) is 0 Å². The Kier molecular flexibility index (Phi) is 4.37. The maximum absolute atomic E-state index is 12.4. The zero-order valence-corrected chi connectivity index (χ0v) is 14.0. The lowest BCUT2D eigenvalue weighted by atomic mass is 9.87. The normalized spacial score (nSPS) is 17.5. The molecule has 0 saturated heterocycles. The standard InChI is InChI=1S/C20H24N2O2/c23-20-13-18(16-4-2-1-3-5-16)21-14-22(20)10-8-15-6-7-19-17(12-15)9-11-24-19/h6-7,12-14,16H,1-5,8-11H2. The smallest absolute Gasteiger partial charge is 0.253 e. The minimum atomic E-state index is 0.0788. The minimum absolute atomic E-state index is 0.0788. The summed E-state index contributed by atoms with van der Waals surface area (Å²) in [6, 6.07) is 8.10. The van der Waals surface area contributed by atoms with Crippen molar-refractivity contribution in [3.8, 4) is 5.75 Å². The van der Waals surface area contributed by atoms with Crippen molar-refractivity contribution in [2.45, 2.75) is 57.4 Å². The molecule has 24 heavy (non-hydrogen) atoms. The van der Waals surface area contributed by atoms with Gasteiger partial charge in [-0.15, -0.1) is 0 Å². The van der Waals surface area contributed by atoms with Crippen LogP contribution in [0.3, 0.4) is 0 Å². The van der Waals surface area contributed by atoms with E-state index in [9.17, 15) is 4.79 Å². The fourth-order valence-electron chi connectivity index (χ4n) is 3.87. The average Bonchev–Trinajstić information content (AvgIpc) is 3.09. The number of fused-ring (bicyclic) bond motifs is 1. The predicted octanol–water partition coefficient (Wildman–Crippen LogP) is 3.47. The van der Waals surface area contributed by atoms with Crippen molar-refractivity contribution in [3.05, 3.63) is 57.8 Å². The number of hydrogen-bond acceptors (Lipinski definition) is 3. The summed E-state index contributed by atoms with van der Waals surface area (Å²) in [6.07, 6.45) is 9.76. The molecule has 1 fully saturated rings. The van der Waals surface area contributed by atoms with E-state index in [0.29, 0.717) is 12.5 Å². The number of nitrogens with zero attached hydrogens (tertiary/aromatic N) is 2. The van der Waals surface area contributed by atoms with Gasteiger partial charge in [0.15, 0.2) is 0 Å². The van der Waals surface area contributed by atoms with E-state index in [1.165, 1.54) is 43.2 Å². The van der Waals surface area contributed by atoms with Crippen LogP contribution in [0.5, 0.6) is 5.75 Å². The second-order valence-corrected chi connectivity index (χ2v) is 6.97. The number of hydrogen-bond donors (Lipinski definition) is 0. The Morgan fingerprint density at radius 1 is 1.17 bits per heavy atom. The fraction of sp³-hybridized carbons (Fsp3) is 0.500. The van der Waals surface area contributed by atoms with Crippen LogP contribution in [0.25, 0.3) is 0 Å². The number of aromatic nitrogens is 2. The van der Waals surface area contributed by atoms with Crippen molar-refractivity contribution in [2.75, 3.05) is 6.61 Å². The van der Waals surface area contributed by atoms with Crippen LogP contribution in [-0.2, 0) is 19.4 Å². The molecule has 4 nitrogen and oxygen atoms in total. The zero-order valence-electron chi connectivity index (χ0n) is 14.0. The van der Waals surface area contributed by atoms with Crippen LogP contribution in [0.15, 0.2) is 35.4 Å². The summed E-state index contributed by atoms with van der Waals surface area (Å²) in [4.78, 5) is 17.0. The van der Waals surface area contributed by atoms with Crippen LogP contribution in [0.4, 0.5) is 0 Å². The number of rotatable bonds is 4. The quantitative estimate of drug-likeness (QED) is 0.865. The van der Waals surface area contributed by atoms with Crippen LogP contribution in [0.1, 0.15) is 54.8 Å². The third-order valence-corrected chi connectivity index (χ3v) is 5.32. The van der Waals surface area contributed by atoms with E-state index >= 15 is 0 Å². The van der Waals surface area contributed by atoms with Gasteiger partial charge >= 0.3 is 0 Å². The van der Waals surface area contributed by atoms with Crippen molar-refractivity contribution in [2.24, 2.45) is 0 Å². The molecule has 4 heteroatoms. The van der Waals surface area contributed by atoms with Crippen molar-refractivity contribution in [1.82, 2.24) is 9.55 Å². The maximum atomic E-state index is 12.4. The Morgan fingerprint density at radius 2 is 2.04 bits per heavy atom. The molecule has 2 aliphatic rings. The Morgan fingerprint density at radius 3 is 2.88 bits per heavy atom. The molecule has 1 saturated carbocycles. The van der Waals surface area contributed by atoms with E-state index in [1.807, 2.05) is 6.07 Å². The van der Waals surface area contributed by atoms with Gasteiger partial charge in [-0.25, -0.2) is 4.98 Å². The third-order valence-electron chi connectivity index (χ3n) is 5.32. The summed E-state index contributed by atoms with van der Waals surface area (Å²) in [7, 11) is 0. The molecule has 126 valence electrons. The van der Waals surface area contributed by atoms with Gasteiger partial charge in [-0.05, 0) is 36.5 Å². The molecule has 0 bridgehead atoms. The van der Waals surface area contributed by atoms with Gasteiger partial charge < -0.3 is 4.74 Å². The summed E-state index contributed by atoms with van der Waals surface area (Å²) >= 11 is 0. The van der Waals surface area contributed by atoms with Gasteiger partial charge in [-0.3, -0.25) is 9.36 Å².